The van der Waals surface area contributed by atoms with Gasteiger partial charge in [-0.1, -0.05) is 0 Å². The normalized spacial score (nSPS) is 12.0. The van der Waals surface area contributed by atoms with Gasteiger partial charge in [-0.15, -0.1) is 0 Å². The van der Waals surface area contributed by atoms with Crippen molar-refractivity contribution in [1.82, 2.24) is 0 Å². The second-order valence-electron chi connectivity index (χ2n) is 4.41. The van der Waals surface area contributed by atoms with Gasteiger partial charge in [0.25, 0.3) is 0 Å². The molecule has 2 aromatic rings. The fourth-order valence-corrected chi connectivity index (χ4v) is 1.93. The highest BCUT2D eigenvalue weighted by Gasteiger charge is 2.13. The Morgan fingerprint density at radius 1 is 1.15 bits per heavy atom. The Hall–Kier alpha value is -2.30. The molecule has 0 spiro atoms. The average Bonchev–Trinajstić information content (AvgIpc) is 2.43. The average molecular weight is 279 g/mol. The highest BCUT2D eigenvalue weighted by molar-refractivity contribution is 5.52. The summed E-state index contributed by atoms with van der Waals surface area (Å²) in [4.78, 5) is 0. The summed E-state index contributed by atoms with van der Waals surface area (Å²) in [6.45, 7) is 1.70. The molecule has 2 aromatic carbocycles. The number of aromatic hydroxyl groups is 1. The lowest BCUT2D eigenvalue weighted by Crippen LogP contribution is -2.08. The van der Waals surface area contributed by atoms with Gasteiger partial charge in [0.2, 0.25) is 0 Å². The van der Waals surface area contributed by atoms with Gasteiger partial charge in [0.15, 0.2) is 0 Å². The third-order valence-electron chi connectivity index (χ3n) is 3.00. The fraction of sp³-hybridized carbons (Fsp3) is 0.200. The predicted molar refractivity (Wildman–Crippen MR) is 73.1 cm³/mol. The number of phenolic OH excluding ortho intramolecular Hbond substituents is 1. The van der Waals surface area contributed by atoms with Crippen LogP contribution in [0.4, 0.5) is 14.5 Å². The summed E-state index contributed by atoms with van der Waals surface area (Å²) in [5.41, 5.74) is 0.577. The molecule has 0 aliphatic rings. The largest absolute Gasteiger partial charge is 0.508 e. The van der Waals surface area contributed by atoms with Gasteiger partial charge in [0.1, 0.15) is 23.1 Å². The lowest BCUT2D eigenvalue weighted by Gasteiger charge is -2.18. The molecule has 0 aliphatic heterocycles. The summed E-state index contributed by atoms with van der Waals surface area (Å²) in [5.74, 6) is -0.453. The second-order valence-corrected chi connectivity index (χ2v) is 4.41. The molecule has 0 saturated heterocycles. The van der Waals surface area contributed by atoms with Gasteiger partial charge in [-0.2, -0.15) is 0 Å². The van der Waals surface area contributed by atoms with Crippen LogP contribution in [-0.2, 0) is 0 Å². The molecule has 0 amide bonds. The van der Waals surface area contributed by atoms with Gasteiger partial charge in [-0.05, 0) is 37.3 Å². The Bertz CT molecular complexity index is 617. The van der Waals surface area contributed by atoms with Gasteiger partial charge >= 0.3 is 0 Å². The number of phenols is 1. The molecule has 3 nitrogen and oxygen atoms in total. The second kappa shape index (κ2) is 5.77. The summed E-state index contributed by atoms with van der Waals surface area (Å²) in [7, 11) is 1.48. The van der Waals surface area contributed by atoms with E-state index in [4.69, 9.17) is 4.74 Å². The van der Waals surface area contributed by atoms with E-state index >= 15 is 0 Å². The van der Waals surface area contributed by atoms with Crippen molar-refractivity contribution in [3.63, 3.8) is 0 Å². The molecule has 1 atom stereocenters. The standard InChI is InChI=1S/C15H15F2NO2/c1-9(12-7-10(16)3-6-15(12)19)18-14-8-11(20-2)4-5-13(14)17/h3-9,18-19H,1-2H3. The molecule has 0 radical (unpaired) electrons. The fourth-order valence-electron chi connectivity index (χ4n) is 1.93. The van der Waals surface area contributed by atoms with E-state index in [1.165, 1.54) is 37.4 Å². The number of ether oxygens (including phenoxy) is 1. The van der Waals surface area contributed by atoms with Crippen molar-refractivity contribution >= 4 is 5.69 Å². The SMILES string of the molecule is COc1ccc(F)c(NC(C)c2cc(F)ccc2O)c1. The molecule has 2 rings (SSSR count). The Kier molecular flexibility index (Phi) is 4.08. The highest BCUT2D eigenvalue weighted by atomic mass is 19.1. The van der Waals surface area contributed by atoms with Crippen LogP contribution in [0.5, 0.6) is 11.5 Å². The van der Waals surface area contributed by atoms with Gasteiger partial charge < -0.3 is 15.2 Å². The number of nitrogens with one attached hydrogen (secondary N) is 1. The van der Waals surface area contributed by atoms with Crippen molar-refractivity contribution in [3.05, 3.63) is 53.6 Å². The lowest BCUT2D eigenvalue weighted by atomic mass is 10.1. The maximum atomic E-state index is 13.7. The van der Waals surface area contributed by atoms with E-state index < -0.39 is 17.7 Å². The topological polar surface area (TPSA) is 41.5 Å². The molecule has 20 heavy (non-hydrogen) atoms. The zero-order valence-corrected chi connectivity index (χ0v) is 11.2. The summed E-state index contributed by atoms with van der Waals surface area (Å²) in [6.07, 6.45) is 0. The van der Waals surface area contributed by atoms with Crippen molar-refractivity contribution in [2.24, 2.45) is 0 Å². The summed E-state index contributed by atoms with van der Waals surface area (Å²) in [6, 6.07) is 7.46. The minimum absolute atomic E-state index is 0.0466. The molecule has 2 N–H and O–H groups in total. The maximum Gasteiger partial charge on any atom is 0.146 e. The first-order valence-electron chi connectivity index (χ1n) is 6.09. The van der Waals surface area contributed by atoms with Crippen LogP contribution in [0.3, 0.4) is 0 Å². The molecule has 0 aromatic heterocycles. The van der Waals surface area contributed by atoms with Crippen molar-refractivity contribution in [2.75, 3.05) is 12.4 Å². The number of rotatable bonds is 4. The van der Waals surface area contributed by atoms with Gasteiger partial charge in [0.05, 0.1) is 18.8 Å². The van der Waals surface area contributed by atoms with Crippen molar-refractivity contribution < 1.29 is 18.6 Å². The van der Waals surface area contributed by atoms with Crippen molar-refractivity contribution in [2.45, 2.75) is 13.0 Å². The predicted octanol–water partition coefficient (Wildman–Crippen LogP) is 3.85. The lowest BCUT2D eigenvalue weighted by molar-refractivity contribution is 0.414. The molecule has 0 aliphatic carbocycles. The Morgan fingerprint density at radius 2 is 1.90 bits per heavy atom. The van der Waals surface area contributed by atoms with Crippen LogP contribution in [0, 0.1) is 11.6 Å². The first-order valence-corrected chi connectivity index (χ1v) is 6.09. The van der Waals surface area contributed by atoms with E-state index in [1.54, 1.807) is 6.92 Å². The number of hydrogen-bond acceptors (Lipinski definition) is 3. The molecule has 5 heteroatoms. The maximum absolute atomic E-state index is 13.7. The number of hydrogen-bond donors (Lipinski definition) is 2. The minimum atomic E-state index is -0.465. The molecular formula is C15H15F2NO2. The van der Waals surface area contributed by atoms with Gasteiger partial charge in [-0.25, -0.2) is 8.78 Å². The zero-order chi connectivity index (χ0) is 14.7. The van der Waals surface area contributed by atoms with Crippen LogP contribution in [0.25, 0.3) is 0 Å². The molecule has 1 unspecified atom stereocenters. The monoisotopic (exact) mass is 279 g/mol. The van der Waals surface area contributed by atoms with Gasteiger partial charge in [0, 0.05) is 11.6 Å². The van der Waals surface area contributed by atoms with E-state index in [0.717, 1.165) is 6.07 Å². The molecular weight excluding hydrogens is 264 g/mol. The molecule has 0 saturated carbocycles. The minimum Gasteiger partial charge on any atom is -0.508 e. The summed E-state index contributed by atoms with van der Waals surface area (Å²) in [5, 5.41) is 12.6. The van der Waals surface area contributed by atoms with Crippen LogP contribution in [0.15, 0.2) is 36.4 Å². The van der Waals surface area contributed by atoms with E-state index in [2.05, 4.69) is 5.32 Å². The van der Waals surface area contributed by atoms with Crippen LogP contribution in [0.1, 0.15) is 18.5 Å². The summed E-state index contributed by atoms with van der Waals surface area (Å²) < 4.78 is 31.9. The molecule has 106 valence electrons. The first kappa shape index (κ1) is 14.1. The van der Waals surface area contributed by atoms with Gasteiger partial charge in [-0.3, -0.25) is 0 Å². The third-order valence-corrected chi connectivity index (χ3v) is 3.00. The van der Waals surface area contributed by atoms with Crippen molar-refractivity contribution in [1.29, 1.82) is 0 Å². The quantitative estimate of drug-likeness (QED) is 0.893. The van der Waals surface area contributed by atoms with Crippen LogP contribution in [0.2, 0.25) is 0 Å². The number of methoxy groups -OCH3 is 1. The Morgan fingerprint density at radius 3 is 2.60 bits per heavy atom. The van der Waals surface area contributed by atoms with Crippen LogP contribution in [-0.4, -0.2) is 12.2 Å². The first-order chi connectivity index (χ1) is 9.51. The Labute approximate surface area is 115 Å². The number of halogens is 2. The molecule has 0 heterocycles. The number of benzene rings is 2. The van der Waals surface area contributed by atoms with E-state index in [-0.39, 0.29) is 11.4 Å². The van der Waals surface area contributed by atoms with E-state index in [1.807, 2.05) is 0 Å². The molecule has 0 bridgehead atoms. The van der Waals surface area contributed by atoms with Crippen LogP contribution >= 0.6 is 0 Å². The highest BCUT2D eigenvalue weighted by Crippen LogP contribution is 2.30. The van der Waals surface area contributed by atoms with Crippen LogP contribution < -0.4 is 10.1 Å². The van der Waals surface area contributed by atoms with Crippen molar-refractivity contribution in [3.8, 4) is 11.5 Å². The summed E-state index contributed by atoms with van der Waals surface area (Å²) >= 11 is 0. The van der Waals surface area contributed by atoms with E-state index in [0.29, 0.717) is 11.3 Å². The number of anilines is 1. The van der Waals surface area contributed by atoms with E-state index in [9.17, 15) is 13.9 Å². The zero-order valence-electron chi connectivity index (χ0n) is 11.2. The molecule has 0 fully saturated rings. The Balaban J connectivity index is 2.27. The third kappa shape index (κ3) is 2.99. The smallest absolute Gasteiger partial charge is 0.146 e.